The molecule has 0 radical (unpaired) electrons. The number of aromatic nitrogens is 2. The van der Waals surface area contributed by atoms with Gasteiger partial charge in [-0.25, -0.2) is 18.7 Å². The second-order valence-corrected chi connectivity index (χ2v) is 6.25. The van der Waals surface area contributed by atoms with Crippen LogP contribution in [0.2, 0.25) is 0 Å². The molecular formula is C14H13BrF2IN3. The predicted octanol–water partition coefficient (Wildman–Crippen LogP) is 4.78. The van der Waals surface area contributed by atoms with Crippen molar-refractivity contribution in [2.24, 2.45) is 0 Å². The van der Waals surface area contributed by atoms with Crippen LogP contribution in [0, 0.1) is 15.2 Å². The zero-order valence-electron chi connectivity index (χ0n) is 11.5. The second kappa shape index (κ2) is 6.95. The molecule has 0 unspecified atom stereocenters. The molecule has 2 rings (SSSR count). The number of halogens is 4. The Labute approximate surface area is 143 Å². The lowest BCUT2D eigenvalue weighted by Gasteiger charge is -2.12. The van der Waals surface area contributed by atoms with Gasteiger partial charge in [0.15, 0.2) is 17.5 Å². The van der Waals surface area contributed by atoms with Crippen LogP contribution < -0.4 is 5.32 Å². The minimum absolute atomic E-state index is 0.0354. The predicted molar refractivity (Wildman–Crippen MR) is 91.3 cm³/mol. The van der Waals surface area contributed by atoms with E-state index >= 15 is 0 Å². The third-order valence-corrected chi connectivity index (χ3v) is 4.83. The number of anilines is 1. The number of benzene rings is 1. The van der Waals surface area contributed by atoms with Gasteiger partial charge in [0.25, 0.3) is 0 Å². The summed E-state index contributed by atoms with van der Waals surface area (Å²) in [6, 6.07) is 2.55. The smallest absolute Gasteiger partial charge is 0.173 e. The number of hydrogen-bond acceptors (Lipinski definition) is 3. The van der Waals surface area contributed by atoms with Crippen molar-refractivity contribution in [1.82, 2.24) is 9.97 Å². The van der Waals surface area contributed by atoms with Gasteiger partial charge in [0.2, 0.25) is 0 Å². The Morgan fingerprint density at radius 3 is 2.62 bits per heavy atom. The maximum Gasteiger partial charge on any atom is 0.173 e. The fraction of sp³-hybridized carbons (Fsp3) is 0.286. The normalized spacial score (nSPS) is 10.8. The van der Waals surface area contributed by atoms with Crippen LogP contribution in [0.25, 0.3) is 11.4 Å². The van der Waals surface area contributed by atoms with Crippen molar-refractivity contribution in [3.8, 4) is 11.4 Å². The first kappa shape index (κ1) is 16.5. The van der Waals surface area contributed by atoms with Gasteiger partial charge < -0.3 is 5.32 Å². The van der Waals surface area contributed by atoms with E-state index in [9.17, 15) is 8.78 Å². The molecule has 0 atom stereocenters. The summed E-state index contributed by atoms with van der Waals surface area (Å²) in [7, 11) is 1.77. The highest BCUT2D eigenvalue weighted by Crippen LogP contribution is 2.32. The molecular weight excluding hydrogens is 455 g/mol. The van der Waals surface area contributed by atoms with Crippen LogP contribution >= 0.6 is 38.5 Å². The largest absolute Gasteiger partial charge is 0.372 e. The fourth-order valence-electron chi connectivity index (χ4n) is 1.88. The highest BCUT2D eigenvalue weighted by Gasteiger charge is 2.17. The summed E-state index contributed by atoms with van der Waals surface area (Å²) in [6.07, 6.45) is 1.73. The summed E-state index contributed by atoms with van der Waals surface area (Å²) in [5.41, 5.74) is 1.32. The second-order valence-electron chi connectivity index (χ2n) is 4.38. The van der Waals surface area contributed by atoms with Crippen molar-refractivity contribution in [3.63, 3.8) is 0 Å². The summed E-state index contributed by atoms with van der Waals surface area (Å²) < 4.78 is 27.9. The van der Waals surface area contributed by atoms with Crippen LogP contribution in [0.15, 0.2) is 16.6 Å². The summed E-state index contributed by atoms with van der Waals surface area (Å²) in [5, 5.41) is 3.01. The Morgan fingerprint density at radius 2 is 2.00 bits per heavy atom. The molecule has 0 amide bonds. The fourth-order valence-corrected chi connectivity index (χ4v) is 3.16. The molecule has 21 heavy (non-hydrogen) atoms. The molecule has 1 heterocycles. The third kappa shape index (κ3) is 3.33. The Bertz CT molecular complexity index is 680. The third-order valence-electron chi connectivity index (χ3n) is 2.92. The SMILES string of the molecule is CCCc1nc(-c2ccc(F)c(F)c2Br)nc(NC)c1I. The van der Waals surface area contributed by atoms with Crippen molar-refractivity contribution in [2.75, 3.05) is 12.4 Å². The van der Waals surface area contributed by atoms with Crippen molar-refractivity contribution < 1.29 is 8.78 Å². The average Bonchev–Trinajstić information content (AvgIpc) is 2.47. The van der Waals surface area contributed by atoms with Gasteiger partial charge in [-0.15, -0.1) is 0 Å². The van der Waals surface area contributed by atoms with Crippen LogP contribution in [0.4, 0.5) is 14.6 Å². The lowest BCUT2D eigenvalue weighted by atomic mass is 10.1. The minimum atomic E-state index is -0.933. The van der Waals surface area contributed by atoms with Gasteiger partial charge in [-0.1, -0.05) is 13.3 Å². The number of nitrogens with one attached hydrogen (secondary N) is 1. The van der Waals surface area contributed by atoms with Crippen LogP contribution in [0.5, 0.6) is 0 Å². The van der Waals surface area contributed by atoms with Gasteiger partial charge in [0, 0.05) is 12.6 Å². The molecule has 0 fully saturated rings. The molecule has 1 aromatic heterocycles. The number of hydrogen-bond donors (Lipinski definition) is 1. The standard InChI is InChI=1S/C14H13BrF2IN3/c1-3-4-9-12(18)14(19-2)21-13(20-9)7-5-6-8(16)11(17)10(7)15/h5-6H,3-4H2,1-2H3,(H,19,20,21). The summed E-state index contributed by atoms with van der Waals surface area (Å²) >= 11 is 5.27. The van der Waals surface area contributed by atoms with Gasteiger partial charge in [0.1, 0.15) is 5.82 Å². The number of rotatable bonds is 4. The zero-order chi connectivity index (χ0) is 15.6. The topological polar surface area (TPSA) is 37.8 Å². The van der Waals surface area contributed by atoms with E-state index in [2.05, 4.69) is 60.7 Å². The molecule has 1 N–H and O–H groups in total. The lowest BCUT2D eigenvalue weighted by Crippen LogP contribution is -2.06. The van der Waals surface area contributed by atoms with Gasteiger partial charge in [-0.2, -0.15) is 0 Å². The molecule has 0 aliphatic heterocycles. The Morgan fingerprint density at radius 1 is 1.29 bits per heavy atom. The van der Waals surface area contributed by atoms with Gasteiger partial charge in [-0.3, -0.25) is 0 Å². The van der Waals surface area contributed by atoms with E-state index in [0.717, 1.165) is 28.2 Å². The molecule has 1 aromatic carbocycles. The van der Waals surface area contributed by atoms with Gasteiger partial charge in [-0.05, 0) is 57.1 Å². The lowest BCUT2D eigenvalue weighted by molar-refractivity contribution is 0.504. The highest BCUT2D eigenvalue weighted by atomic mass is 127. The van der Waals surface area contributed by atoms with Crippen molar-refractivity contribution >= 4 is 44.3 Å². The summed E-state index contributed by atoms with van der Waals surface area (Å²) in [5.74, 6) is -0.786. The summed E-state index contributed by atoms with van der Waals surface area (Å²) in [4.78, 5) is 8.88. The number of nitrogens with zero attached hydrogens (tertiary/aromatic N) is 2. The molecule has 112 valence electrons. The van der Waals surface area contributed by atoms with Crippen molar-refractivity contribution in [1.29, 1.82) is 0 Å². The Balaban J connectivity index is 2.64. The molecule has 0 aliphatic carbocycles. The molecule has 0 aliphatic rings. The quantitative estimate of drug-likeness (QED) is 0.519. The van der Waals surface area contributed by atoms with Crippen molar-refractivity contribution in [3.05, 3.63) is 37.5 Å². The molecule has 2 aromatic rings. The van der Waals surface area contributed by atoms with E-state index < -0.39 is 11.6 Å². The van der Waals surface area contributed by atoms with Gasteiger partial charge in [0.05, 0.1) is 13.7 Å². The maximum absolute atomic E-state index is 13.7. The Hall–Kier alpha value is -0.830. The minimum Gasteiger partial charge on any atom is -0.372 e. The van der Waals surface area contributed by atoms with E-state index in [0.29, 0.717) is 17.2 Å². The number of aryl methyl sites for hydroxylation is 1. The molecule has 7 heteroatoms. The van der Waals surface area contributed by atoms with Crippen LogP contribution in [0.1, 0.15) is 19.0 Å². The van der Waals surface area contributed by atoms with Crippen molar-refractivity contribution in [2.45, 2.75) is 19.8 Å². The van der Waals surface area contributed by atoms with Crippen LogP contribution in [-0.2, 0) is 6.42 Å². The van der Waals surface area contributed by atoms with E-state index in [-0.39, 0.29) is 4.47 Å². The van der Waals surface area contributed by atoms with E-state index in [1.807, 2.05) is 0 Å². The first-order valence-electron chi connectivity index (χ1n) is 6.37. The first-order valence-corrected chi connectivity index (χ1v) is 8.24. The Kier molecular flexibility index (Phi) is 5.48. The molecule has 0 spiro atoms. The first-order chi connectivity index (χ1) is 9.99. The maximum atomic E-state index is 13.7. The average molecular weight is 468 g/mol. The van der Waals surface area contributed by atoms with E-state index in [4.69, 9.17) is 0 Å². The van der Waals surface area contributed by atoms with Crippen LogP contribution in [-0.4, -0.2) is 17.0 Å². The van der Waals surface area contributed by atoms with E-state index in [1.165, 1.54) is 6.07 Å². The monoisotopic (exact) mass is 467 g/mol. The van der Waals surface area contributed by atoms with Crippen LogP contribution in [0.3, 0.4) is 0 Å². The summed E-state index contributed by atoms with van der Waals surface area (Å²) in [6.45, 7) is 2.06. The molecule has 0 bridgehead atoms. The zero-order valence-corrected chi connectivity index (χ0v) is 15.2. The van der Waals surface area contributed by atoms with E-state index in [1.54, 1.807) is 7.05 Å². The molecule has 3 nitrogen and oxygen atoms in total. The molecule has 0 saturated carbocycles. The molecule has 0 saturated heterocycles. The van der Waals surface area contributed by atoms with Gasteiger partial charge >= 0.3 is 0 Å². The highest BCUT2D eigenvalue weighted by molar-refractivity contribution is 14.1.